The quantitative estimate of drug-likeness (QED) is 0.499. The molecule has 24 heavy (non-hydrogen) atoms. The Hall–Kier alpha value is -1.59. The van der Waals surface area contributed by atoms with Crippen LogP contribution in [-0.4, -0.2) is 11.0 Å². The van der Waals surface area contributed by atoms with Gasteiger partial charge in [0, 0.05) is 18.6 Å². The van der Waals surface area contributed by atoms with Gasteiger partial charge in [0.15, 0.2) is 5.17 Å². The number of hydrogen-bond acceptors (Lipinski definition) is 3. The third-order valence-electron chi connectivity index (χ3n) is 3.65. The monoisotopic (exact) mass is 406 g/mol. The first-order valence-corrected chi connectivity index (χ1v) is 8.73. The molecule has 0 spiro atoms. The topological polar surface area (TPSA) is 66.9 Å². The Balaban J connectivity index is 0.00000288. The predicted molar refractivity (Wildman–Crippen MR) is 108 cm³/mol. The largest absolute Gasteiger partial charge is 0.379 e. The second-order valence-corrected chi connectivity index (χ2v) is 6.49. The molecule has 128 valence electrons. The lowest BCUT2D eigenvalue weighted by Crippen LogP contribution is -2.07. The molecule has 2 aromatic carbocycles. The van der Waals surface area contributed by atoms with Gasteiger partial charge in [-0.25, -0.2) is 0 Å². The molecule has 5 heteroatoms. The smallest absolute Gasteiger partial charge is 0.151 e. The third-order valence-corrected chi connectivity index (χ3v) is 4.42. The Morgan fingerprint density at radius 2 is 1.62 bits per heavy atom. The van der Waals surface area contributed by atoms with Crippen molar-refractivity contribution in [1.82, 2.24) is 0 Å². The predicted octanol–water partition coefficient (Wildman–Crippen LogP) is 4.53. The minimum Gasteiger partial charge on any atom is -0.379 e. The average molecular weight is 407 g/mol. The van der Waals surface area contributed by atoms with E-state index in [0.717, 1.165) is 24.0 Å². The van der Waals surface area contributed by atoms with Gasteiger partial charge in [-0.15, -0.1) is 17.0 Å². The van der Waals surface area contributed by atoms with Gasteiger partial charge in [-0.1, -0.05) is 66.4 Å². The van der Waals surface area contributed by atoms with Gasteiger partial charge in [-0.3, -0.25) is 10.2 Å². The molecule has 3 N–H and O–H groups in total. The number of carbonyl (C=O) groups excluding carboxylic acids is 1. The van der Waals surface area contributed by atoms with E-state index in [4.69, 9.17) is 11.1 Å². The molecule has 0 aliphatic carbocycles. The fourth-order valence-corrected chi connectivity index (χ4v) is 3.05. The lowest BCUT2D eigenvalue weighted by molar-refractivity contribution is -0.118. The van der Waals surface area contributed by atoms with E-state index in [1.807, 2.05) is 42.5 Å². The van der Waals surface area contributed by atoms with E-state index >= 15 is 0 Å². The normalized spacial score (nSPS) is 10.0. The average Bonchev–Trinajstić information content (AvgIpc) is 2.55. The standard InChI is InChI=1S/C19H22N2OS.BrH/c20-19(21)23-14-17-11-5-4-10-16(17)13-18(22)12-6-9-15-7-2-1-3-8-15;/h1-5,7-8,10-11H,6,9,12-14H2,(H3,20,21);1H. The van der Waals surface area contributed by atoms with Crippen LogP contribution in [0.3, 0.4) is 0 Å². The van der Waals surface area contributed by atoms with Gasteiger partial charge in [-0.05, 0) is 29.5 Å². The van der Waals surface area contributed by atoms with Crippen LogP contribution in [-0.2, 0) is 23.4 Å². The van der Waals surface area contributed by atoms with E-state index in [0.29, 0.717) is 18.6 Å². The number of nitrogens with one attached hydrogen (secondary N) is 1. The van der Waals surface area contributed by atoms with Crippen LogP contribution in [0.15, 0.2) is 54.6 Å². The summed E-state index contributed by atoms with van der Waals surface area (Å²) in [6, 6.07) is 18.2. The highest BCUT2D eigenvalue weighted by Crippen LogP contribution is 2.18. The van der Waals surface area contributed by atoms with Gasteiger partial charge in [0.05, 0.1) is 0 Å². The SMILES string of the molecule is Br.N=C(N)SCc1ccccc1CC(=O)CCCc1ccccc1. The number of aryl methyl sites for hydroxylation is 1. The third kappa shape index (κ3) is 7.32. The minimum atomic E-state index is 0. The first-order chi connectivity index (χ1) is 11.1. The summed E-state index contributed by atoms with van der Waals surface area (Å²) in [5.74, 6) is 0.907. The van der Waals surface area contributed by atoms with Crippen LogP contribution in [0.25, 0.3) is 0 Å². The van der Waals surface area contributed by atoms with Crippen molar-refractivity contribution in [3.8, 4) is 0 Å². The molecule has 0 aromatic heterocycles. The molecule has 2 aromatic rings. The Labute approximate surface area is 158 Å². The Morgan fingerprint density at radius 3 is 2.29 bits per heavy atom. The van der Waals surface area contributed by atoms with Crippen molar-refractivity contribution in [1.29, 1.82) is 5.41 Å². The first-order valence-electron chi connectivity index (χ1n) is 7.74. The summed E-state index contributed by atoms with van der Waals surface area (Å²) in [6.45, 7) is 0. The molecule has 0 saturated heterocycles. The van der Waals surface area contributed by atoms with Gasteiger partial charge in [0.1, 0.15) is 5.78 Å². The number of Topliss-reactive ketones (excluding diaryl/α,β-unsaturated/α-hetero) is 1. The molecule has 0 aliphatic heterocycles. The first kappa shape index (κ1) is 20.5. The highest BCUT2D eigenvalue weighted by atomic mass is 79.9. The molecule has 0 fully saturated rings. The molecule has 0 bridgehead atoms. The number of halogens is 1. The maximum Gasteiger partial charge on any atom is 0.151 e. The summed E-state index contributed by atoms with van der Waals surface area (Å²) in [4.78, 5) is 12.2. The number of benzene rings is 2. The van der Waals surface area contributed by atoms with Gasteiger partial charge in [0.25, 0.3) is 0 Å². The summed E-state index contributed by atoms with van der Waals surface area (Å²) < 4.78 is 0. The summed E-state index contributed by atoms with van der Waals surface area (Å²) in [5.41, 5.74) is 8.80. The molecule has 0 unspecified atom stereocenters. The van der Waals surface area contributed by atoms with Crippen LogP contribution in [0.1, 0.15) is 29.5 Å². The highest BCUT2D eigenvalue weighted by Gasteiger charge is 2.08. The van der Waals surface area contributed by atoms with E-state index in [2.05, 4.69) is 12.1 Å². The number of carbonyl (C=O) groups is 1. The molecule has 0 atom stereocenters. The van der Waals surface area contributed by atoms with Crippen molar-refractivity contribution < 1.29 is 4.79 Å². The van der Waals surface area contributed by atoms with Crippen molar-refractivity contribution in [3.63, 3.8) is 0 Å². The van der Waals surface area contributed by atoms with Crippen molar-refractivity contribution in [2.24, 2.45) is 5.73 Å². The fraction of sp³-hybridized carbons (Fsp3) is 0.263. The number of rotatable bonds is 8. The summed E-state index contributed by atoms with van der Waals surface area (Å²) in [5, 5.41) is 7.41. The van der Waals surface area contributed by atoms with E-state index in [-0.39, 0.29) is 27.9 Å². The second-order valence-electron chi connectivity index (χ2n) is 5.48. The number of amidine groups is 1. The molecule has 0 saturated carbocycles. The fourth-order valence-electron chi connectivity index (χ4n) is 2.46. The highest BCUT2D eigenvalue weighted by molar-refractivity contribution is 8.93. The maximum atomic E-state index is 12.2. The van der Waals surface area contributed by atoms with Gasteiger partial charge < -0.3 is 5.73 Å². The number of hydrogen-bond donors (Lipinski definition) is 2. The summed E-state index contributed by atoms with van der Waals surface area (Å²) >= 11 is 1.29. The molecule has 3 nitrogen and oxygen atoms in total. The van der Waals surface area contributed by atoms with E-state index < -0.39 is 0 Å². The lowest BCUT2D eigenvalue weighted by atomic mass is 9.99. The van der Waals surface area contributed by atoms with E-state index in [9.17, 15) is 4.79 Å². The molecule has 0 amide bonds. The lowest BCUT2D eigenvalue weighted by Gasteiger charge is -2.08. The van der Waals surface area contributed by atoms with Crippen LogP contribution < -0.4 is 5.73 Å². The van der Waals surface area contributed by atoms with Crippen molar-refractivity contribution in [2.45, 2.75) is 31.4 Å². The van der Waals surface area contributed by atoms with Gasteiger partial charge >= 0.3 is 0 Å². The van der Waals surface area contributed by atoms with Crippen molar-refractivity contribution >= 4 is 39.7 Å². The zero-order chi connectivity index (χ0) is 16.5. The van der Waals surface area contributed by atoms with Crippen LogP contribution in [0.5, 0.6) is 0 Å². The van der Waals surface area contributed by atoms with Crippen LogP contribution in [0.4, 0.5) is 0 Å². The summed E-state index contributed by atoms with van der Waals surface area (Å²) in [6.07, 6.45) is 2.88. The Morgan fingerprint density at radius 1 is 1.00 bits per heavy atom. The molecule has 0 radical (unpaired) electrons. The van der Waals surface area contributed by atoms with Crippen molar-refractivity contribution in [3.05, 3.63) is 71.3 Å². The van der Waals surface area contributed by atoms with Crippen LogP contribution >= 0.6 is 28.7 Å². The second kappa shape index (κ2) is 11.0. The Bertz CT molecular complexity index is 661. The van der Waals surface area contributed by atoms with Gasteiger partial charge in [-0.2, -0.15) is 0 Å². The molecular weight excluding hydrogens is 384 g/mol. The number of nitrogens with two attached hydrogens (primary N) is 1. The van der Waals surface area contributed by atoms with E-state index in [1.165, 1.54) is 17.3 Å². The summed E-state index contributed by atoms with van der Waals surface area (Å²) in [7, 11) is 0. The van der Waals surface area contributed by atoms with E-state index in [1.54, 1.807) is 0 Å². The minimum absolute atomic E-state index is 0. The molecule has 0 heterocycles. The van der Waals surface area contributed by atoms with Crippen LogP contribution in [0, 0.1) is 5.41 Å². The Kier molecular flexibility index (Phi) is 9.42. The molecule has 2 rings (SSSR count). The zero-order valence-corrected chi connectivity index (χ0v) is 16.1. The number of ketones is 1. The maximum absolute atomic E-state index is 12.2. The van der Waals surface area contributed by atoms with Gasteiger partial charge in [0.2, 0.25) is 0 Å². The number of thioether (sulfide) groups is 1. The zero-order valence-electron chi connectivity index (χ0n) is 13.5. The molecular formula is C19H23BrN2OS. The van der Waals surface area contributed by atoms with Crippen LogP contribution in [0.2, 0.25) is 0 Å². The van der Waals surface area contributed by atoms with Crippen molar-refractivity contribution in [2.75, 3.05) is 0 Å². The molecule has 0 aliphatic rings.